The fraction of sp³-hybridized carbons (Fsp3) is 0.294. The number of halogens is 2. The molecule has 1 unspecified atom stereocenters. The van der Waals surface area contributed by atoms with Gasteiger partial charge in [0.1, 0.15) is 11.4 Å². The molecule has 0 spiro atoms. The van der Waals surface area contributed by atoms with Crippen LogP contribution in [0.1, 0.15) is 31.9 Å². The van der Waals surface area contributed by atoms with Crippen LogP contribution in [0.15, 0.2) is 51.4 Å². The Morgan fingerprint density at radius 3 is 2.71 bits per heavy atom. The lowest BCUT2D eigenvalue weighted by Crippen LogP contribution is -2.37. The smallest absolute Gasteiger partial charge is 0.125 e. The Hall–Kier alpha value is -1.00. The first kappa shape index (κ1) is 14.9. The Bertz CT molecular complexity index is 670. The van der Waals surface area contributed by atoms with Gasteiger partial charge in [0.05, 0.1) is 11.7 Å². The van der Waals surface area contributed by atoms with Crippen LogP contribution in [-0.2, 0) is 0 Å². The van der Waals surface area contributed by atoms with Gasteiger partial charge in [-0.05, 0) is 54.0 Å². The molecule has 3 rings (SSSR count). The van der Waals surface area contributed by atoms with E-state index in [4.69, 9.17) is 4.74 Å². The predicted molar refractivity (Wildman–Crippen MR) is 94.0 cm³/mol. The molecule has 1 aliphatic rings. The zero-order chi connectivity index (χ0) is 15.0. The van der Waals surface area contributed by atoms with Crippen LogP contribution in [0.3, 0.4) is 0 Å². The van der Waals surface area contributed by atoms with E-state index < -0.39 is 0 Å². The Labute approximate surface area is 142 Å². The summed E-state index contributed by atoms with van der Waals surface area (Å²) >= 11 is 7.14. The maximum atomic E-state index is 6.08. The van der Waals surface area contributed by atoms with Gasteiger partial charge in [0.25, 0.3) is 0 Å². The normalized spacial score (nSPS) is 19.5. The molecule has 4 heteroatoms. The quantitative estimate of drug-likeness (QED) is 0.662. The highest BCUT2D eigenvalue weighted by molar-refractivity contribution is 9.11. The van der Waals surface area contributed by atoms with Gasteiger partial charge >= 0.3 is 0 Å². The number of ether oxygens (including phenoxy) is 1. The van der Waals surface area contributed by atoms with Crippen molar-refractivity contribution in [3.63, 3.8) is 0 Å². The molecule has 21 heavy (non-hydrogen) atoms. The molecule has 2 nitrogen and oxygen atoms in total. The molecular weight excluding hydrogens is 394 g/mol. The van der Waals surface area contributed by atoms with E-state index in [1.54, 1.807) is 0 Å². The molecule has 0 bridgehead atoms. The molecule has 1 aliphatic heterocycles. The van der Waals surface area contributed by atoms with Gasteiger partial charge in [-0.3, -0.25) is 0 Å². The summed E-state index contributed by atoms with van der Waals surface area (Å²) in [5, 5.41) is 3.64. The fourth-order valence-electron chi connectivity index (χ4n) is 2.73. The number of para-hydroxylation sites is 1. The molecule has 0 saturated carbocycles. The van der Waals surface area contributed by atoms with E-state index in [9.17, 15) is 0 Å². The van der Waals surface area contributed by atoms with E-state index in [0.717, 1.165) is 26.8 Å². The van der Waals surface area contributed by atoms with Crippen LogP contribution < -0.4 is 10.1 Å². The van der Waals surface area contributed by atoms with Gasteiger partial charge in [-0.2, -0.15) is 0 Å². The number of nitrogens with one attached hydrogen (secondary N) is 1. The molecule has 110 valence electrons. The first-order chi connectivity index (χ1) is 9.94. The Morgan fingerprint density at radius 1 is 1.14 bits per heavy atom. The number of fused-ring (bicyclic) bond motifs is 1. The van der Waals surface area contributed by atoms with E-state index in [-0.39, 0.29) is 11.6 Å². The van der Waals surface area contributed by atoms with Gasteiger partial charge in [0.15, 0.2) is 0 Å². The largest absolute Gasteiger partial charge is 0.487 e. The number of benzene rings is 2. The number of hydrogen-bond donors (Lipinski definition) is 1. The van der Waals surface area contributed by atoms with Crippen molar-refractivity contribution in [3.05, 3.63) is 57.0 Å². The zero-order valence-electron chi connectivity index (χ0n) is 12.0. The second-order valence-electron chi connectivity index (χ2n) is 5.92. The molecule has 1 N–H and O–H groups in total. The molecule has 1 heterocycles. The van der Waals surface area contributed by atoms with Gasteiger partial charge in [-0.15, -0.1) is 0 Å². The van der Waals surface area contributed by atoms with Crippen molar-refractivity contribution in [2.24, 2.45) is 0 Å². The molecular formula is C17H17Br2NO. The van der Waals surface area contributed by atoms with E-state index in [2.05, 4.69) is 69.2 Å². The van der Waals surface area contributed by atoms with Gasteiger partial charge in [0, 0.05) is 20.9 Å². The fourth-order valence-corrected chi connectivity index (χ4v) is 3.45. The molecule has 0 amide bonds. The summed E-state index contributed by atoms with van der Waals surface area (Å²) in [5.41, 5.74) is 2.12. The van der Waals surface area contributed by atoms with Crippen molar-refractivity contribution in [3.8, 4) is 5.75 Å². The highest BCUT2D eigenvalue weighted by atomic mass is 79.9. The van der Waals surface area contributed by atoms with Crippen LogP contribution >= 0.6 is 31.9 Å². The molecule has 0 saturated heterocycles. The lowest BCUT2D eigenvalue weighted by atomic mass is 9.89. The SMILES string of the molecule is CC1(C)CC(Nc2cc(Br)ccc2Br)c2ccccc2O1. The third-order valence-electron chi connectivity index (χ3n) is 3.63. The predicted octanol–water partition coefficient (Wildman–Crippen LogP) is 5.93. The topological polar surface area (TPSA) is 21.3 Å². The Morgan fingerprint density at radius 2 is 1.90 bits per heavy atom. The minimum atomic E-state index is -0.176. The van der Waals surface area contributed by atoms with Crippen LogP contribution in [0.25, 0.3) is 0 Å². The van der Waals surface area contributed by atoms with Crippen molar-refractivity contribution < 1.29 is 4.74 Å². The third kappa shape index (κ3) is 3.27. The summed E-state index contributed by atoms with van der Waals surface area (Å²) in [6, 6.07) is 14.7. The second-order valence-corrected chi connectivity index (χ2v) is 7.69. The Balaban J connectivity index is 1.96. The van der Waals surface area contributed by atoms with Crippen molar-refractivity contribution in [2.75, 3.05) is 5.32 Å². The number of hydrogen-bond acceptors (Lipinski definition) is 2. The van der Waals surface area contributed by atoms with Crippen molar-refractivity contribution in [2.45, 2.75) is 31.9 Å². The molecule has 0 fully saturated rings. The van der Waals surface area contributed by atoms with Crippen molar-refractivity contribution in [1.82, 2.24) is 0 Å². The Kier molecular flexibility index (Phi) is 4.02. The second kappa shape index (κ2) is 5.65. The first-order valence-corrected chi connectivity index (χ1v) is 8.53. The maximum Gasteiger partial charge on any atom is 0.125 e. The summed E-state index contributed by atoms with van der Waals surface area (Å²) in [4.78, 5) is 0. The van der Waals surface area contributed by atoms with E-state index in [1.165, 1.54) is 5.56 Å². The minimum Gasteiger partial charge on any atom is -0.487 e. The molecule has 0 aliphatic carbocycles. The average molecular weight is 411 g/mol. The van der Waals surface area contributed by atoms with Crippen LogP contribution in [0, 0.1) is 0 Å². The molecule has 0 aromatic heterocycles. The van der Waals surface area contributed by atoms with Gasteiger partial charge in [-0.1, -0.05) is 34.1 Å². The summed E-state index contributed by atoms with van der Waals surface area (Å²) in [7, 11) is 0. The van der Waals surface area contributed by atoms with Crippen LogP contribution in [0.5, 0.6) is 5.75 Å². The summed E-state index contributed by atoms with van der Waals surface area (Å²) < 4.78 is 8.21. The summed E-state index contributed by atoms with van der Waals surface area (Å²) in [6.07, 6.45) is 0.920. The van der Waals surface area contributed by atoms with Crippen LogP contribution in [0.4, 0.5) is 5.69 Å². The monoisotopic (exact) mass is 409 g/mol. The number of anilines is 1. The highest BCUT2D eigenvalue weighted by Crippen LogP contribution is 2.42. The van der Waals surface area contributed by atoms with E-state index in [1.807, 2.05) is 24.3 Å². The van der Waals surface area contributed by atoms with Gasteiger partial charge in [-0.25, -0.2) is 0 Å². The van der Waals surface area contributed by atoms with E-state index >= 15 is 0 Å². The zero-order valence-corrected chi connectivity index (χ0v) is 15.2. The number of rotatable bonds is 2. The van der Waals surface area contributed by atoms with Gasteiger partial charge < -0.3 is 10.1 Å². The van der Waals surface area contributed by atoms with Crippen LogP contribution in [0.2, 0.25) is 0 Å². The summed E-state index contributed by atoms with van der Waals surface area (Å²) in [6.45, 7) is 4.27. The standard InChI is InChI=1S/C17H17Br2NO/c1-17(2)10-15(12-5-3-4-6-16(12)21-17)20-14-9-11(18)7-8-13(14)19/h3-9,15,20H,10H2,1-2H3. The van der Waals surface area contributed by atoms with Crippen LogP contribution in [-0.4, -0.2) is 5.60 Å². The lowest BCUT2D eigenvalue weighted by molar-refractivity contribution is 0.0759. The molecule has 2 aromatic carbocycles. The summed E-state index contributed by atoms with van der Waals surface area (Å²) in [5.74, 6) is 0.970. The molecule has 0 radical (unpaired) electrons. The van der Waals surface area contributed by atoms with Crippen molar-refractivity contribution >= 4 is 37.5 Å². The van der Waals surface area contributed by atoms with E-state index in [0.29, 0.717) is 0 Å². The minimum absolute atomic E-state index is 0.176. The molecule has 2 aromatic rings. The highest BCUT2D eigenvalue weighted by Gasteiger charge is 2.33. The van der Waals surface area contributed by atoms with Crippen molar-refractivity contribution in [1.29, 1.82) is 0 Å². The van der Waals surface area contributed by atoms with Gasteiger partial charge in [0.2, 0.25) is 0 Å². The molecule has 1 atom stereocenters. The average Bonchev–Trinajstić information content (AvgIpc) is 2.41. The third-order valence-corrected chi connectivity index (χ3v) is 4.82. The first-order valence-electron chi connectivity index (χ1n) is 6.94. The maximum absolute atomic E-state index is 6.08. The lowest BCUT2D eigenvalue weighted by Gasteiger charge is -2.38.